The minimum Gasteiger partial charge on any atom is -0.394 e. The second kappa shape index (κ2) is 10.4. The molecule has 2 aromatic carbocycles. The predicted molar refractivity (Wildman–Crippen MR) is 97.3 cm³/mol. The molecule has 0 saturated carbocycles. The van der Waals surface area contributed by atoms with E-state index in [2.05, 4.69) is 10.6 Å². The SMILES string of the molecule is O=C(NCCCCC(CO)NC(=O)c1cccc(F)c1)c1cccc(F)c1. The van der Waals surface area contributed by atoms with Crippen molar-refractivity contribution in [3.63, 3.8) is 0 Å². The molecule has 0 aliphatic carbocycles. The molecule has 1 unspecified atom stereocenters. The van der Waals surface area contributed by atoms with Crippen molar-refractivity contribution in [2.75, 3.05) is 13.2 Å². The molecule has 2 rings (SSSR count). The Hall–Kier alpha value is -2.80. The van der Waals surface area contributed by atoms with Gasteiger partial charge in [-0.3, -0.25) is 9.59 Å². The minimum absolute atomic E-state index is 0.191. The number of unbranched alkanes of at least 4 members (excludes halogenated alkanes) is 1. The van der Waals surface area contributed by atoms with Crippen molar-refractivity contribution in [3.05, 3.63) is 71.3 Å². The van der Waals surface area contributed by atoms with Gasteiger partial charge in [0.05, 0.1) is 12.6 Å². The van der Waals surface area contributed by atoms with E-state index in [0.717, 1.165) is 6.07 Å². The fraction of sp³-hybridized carbons (Fsp3) is 0.300. The molecule has 0 radical (unpaired) electrons. The Morgan fingerprint density at radius 2 is 1.52 bits per heavy atom. The van der Waals surface area contributed by atoms with Gasteiger partial charge in [-0.1, -0.05) is 12.1 Å². The van der Waals surface area contributed by atoms with Crippen molar-refractivity contribution in [1.82, 2.24) is 10.6 Å². The van der Waals surface area contributed by atoms with E-state index in [1.165, 1.54) is 42.5 Å². The third kappa shape index (κ3) is 6.79. The van der Waals surface area contributed by atoms with E-state index in [1.54, 1.807) is 0 Å². The van der Waals surface area contributed by atoms with Crippen molar-refractivity contribution in [3.8, 4) is 0 Å². The maximum absolute atomic E-state index is 13.2. The Morgan fingerprint density at radius 3 is 2.07 bits per heavy atom. The van der Waals surface area contributed by atoms with Crippen LogP contribution in [0.4, 0.5) is 8.78 Å². The van der Waals surface area contributed by atoms with E-state index in [1.807, 2.05) is 0 Å². The maximum Gasteiger partial charge on any atom is 0.251 e. The normalized spacial score (nSPS) is 11.7. The highest BCUT2D eigenvalue weighted by Gasteiger charge is 2.13. The number of aliphatic hydroxyl groups is 1. The highest BCUT2D eigenvalue weighted by atomic mass is 19.1. The summed E-state index contributed by atoms with van der Waals surface area (Å²) >= 11 is 0. The van der Waals surface area contributed by atoms with Crippen LogP contribution in [0.25, 0.3) is 0 Å². The van der Waals surface area contributed by atoms with E-state index in [4.69, 9.17) is 0 Å². The summed E-state index contributed by atoms with van der Waals surface area (Å²) in [5.41, 5.74) is 0.446. The highest BCUT2D eigenvalue weighted by molar-refractivity contribution is 5.94. The topological polar surface area (TPSA) is 78.4 Å². The number of halogens is 2. The molecular weight excluding hydrogens is 354 g/mol. The fourth-order valence-corrected chi connectivity index (χ4v) is 2.56. The van der Waals surface area contributed by atoms with E-state index >= 15 is 0 Å². The molecule has 0 saturated heterocycles. The number of nitrogens with one attached hydrogen (secondary N) is 2. The Bertz CT molecular complexity index is 783. The summed E-state index contributed by atoms with van der Waals surface area (Å²) in [6, 6.07) is 10.3. The number of carbonyl (C=O) groups is 2. The average Bonchev–Trinajstić information content (AvgIpc) is 2.66. The third-order valence-corrected chi connectivity index (χ3v) is 3.99. The molecule has 1 atom stereocenters. The lowest BCUT2D eigenvalue weighted by molar-refractivity contribution is 0.0911. The number of rotatable bonds is 9. The van der Waals surface area contributed by atoms with Crippen LogP contribution in [0.5, 0.6) is 0 Å². The van der Waals surface area contributed by atoms with Gasteiger partial charge in [-0.05, 0) is 55.7 Å². The van der Waals surface area contributed by atoms with Gasteiger partial charge in [-0.2, -0.15) is 0 Å². The van der Waals surface area contributed by atoms with Gasteiger partial charge in [0, 0.05) is 17.7 Å². The van der Waals surface area contributed by atoms with Gasteiger partial charge in [0.2, 0.25) is 0 Å². The van der Waals surface area contributed by atoms with Gasteiger partial charge in [0.25, 0.3) is 11.8 Å². The van der Waals surface area contributed by atoms with Crippen LogP contribution in [0, 0.1) is 11.6 Å². The summed E-state index contributed by atoms with van der Waals surface area (Å²) in [6.45, 7) is 0.155. The standard InChI is InChI=1S/C20H22F2N2O3/c21-16-7-3-5-14(11-16)19(26)23-10-2-1-9-18(13-25)24-20(27)15-6-4-8-17(22)12-15/h3-8,11-12,18,25H,1-2,9-10,13H2,(H,23,26)(H,24,27). The number of hydrogen-bond acceptors (Lipinski definition) is 3. The summed E-state index contributed by atoms with van der Waals surface area (Å²) in [4.78, 5) is 23.9. The molecule has 0 aliphatic rings. The molecule has 27 heavy (non-hydrogen) atoms. The van der Waals surface area contributed by atoms with Crippen LogP contribution in [0.15, 0.2) is 48.5 Å². The molecule has 7 heteroatoms. The Morgan fingerprint density at radius 1 is 0.926 bits per heavy atom. The number of hydrogen-bond donors (Lipinski definition) is 3. The molecular formula is C20H22F2N2O3. The van der Waals surface area contributed by atoms with Crippen LogP contribution in [-0.4, -0.2) is 36.1 Å². The first-order valence-corrected chi connectivity index (χ1v) is 8.70. The van der Waals surface area contributed by atoms with E-state index in [9.17, 15) is 23.5 Å². The van der Waals surface area contributed by atoms with Gasteiger partial charge < -0.3 is 15.7 Å². The van der Waals surface area contributed by atoms with Crippen molar-refractivity contribution >= 4 is 11.8 Å². The maximum atomic E-state index is 13.2. The zero-order valence-corrected chi connectivity index (χ0v) is 14.8. The average molecular weight is 376 g/mol. The zero-order valence-electron chi connectivity index (χ0n) is 14.8. The molecule has 0 aromatic heterocycles. The van der Waals surface area contributed by atoms with Crippen LogP contribution in [0.3, 0.4) is 0 Å². The number of aliphatic hydroxyl groups excluding tert-OH is 1. The first-order valence-electron chi connectivity index (χ1n) is 8.70. The Balaban J connectivity index is 1.70. The van der Waals surface area contributed by atoms with Crippen molar-refractivity contribution in [1.29, 1.82) is 0 Å². The second-order valence-electron chi connectivity index (χ2n) is 6.13. The predicted octanol–water partition coefficient (Wildman–Crippen LogP) is 2.66. The van der Waals surface area contributed by atoms with Gasteiger partial charge in [0.1, 0.15) is 11.6 Å². The Labute approximate surface area is 156 Å². The van der Waals surface area contributed by atoms with Gasteiger partial charge in [0.15, 0.2) is 0 Å². The molecule has 0 bridgehead atoms. The van der Waals surface area contributed by atoms with Crippen LogP contribution < -0.4 is 10.6 Å². The van der Waals surface area contributed by atoms with E-state index in [-0.39, 0.29) is 23.6 Å². The van der Waals surface area contributed by atoms with Gasteiger partial charge in [-0.25, -0.2) is 8.78 Å². The molecule has 0 fully saturated rings. The van der Waals surface area contributed by atoms with E-state index < -0.39 is 23.6 Å². The fourth-order valence-electron chi connectivity index (χ4n) is 2.56. The molecule has 144 valence electrons. The van der Waals surface area contributed by atoms with Crippen molar-refractivity contribution in [2.24, 2.45) is 0 Å². The van der Waals surface area contributed by atoms with Crippen LogP contribution in [-0.2, 0) is 0 Å². The van der Waals surface area contributed by atoms with E-state index in [0.29, 0.717) is 25.8 Å². The first kappa shape index (κ1) is 20.5. The van der Waals surface area contributed by atoms with Crippen LogP contribution in [0.2, 0.25) is 0 Å². The summed E-state index contributed by atoms with van der Waals surface area (Å²) < 4.78 is 26.2. The lowest BCUT2D eigenvalue weighted by Crippen LogP contribution is -2.37. The lowest BCUT2D eigenvalue weighted by Gasteiger charge is -2.16. The number of amides is 2. The molecule has 3 N–H and O–H groups in total. The number of benzene rings is 2. The Kier molecular flexibility index (Phi) is 7.88. The summed E-state index contributed by atoms with van der Waals surface area (Å²) in [5.74, 6) is -1.78. The molecule has 2 amide bonds. The van der Waals surface area contributed by atoms with Crippen molar-refractivity contribution < 1.29 is 23.5 Å². The highest BCUT2D eigenvalue weighted by Crippen LogP contribution is 2.07. The monoisotopic (exact) mass is 376 g/mol. The molecule has 5 nitrogen and oxygen atoms in total. The smallest absolute Gasteiger partial charge is 0.251 e. The van der Waals surface area contributed by atoms with Gasteiger partial charge in [-0.15, -0.1) is 0 Å². The molecule has 0 heterocycles. The molecule has 2 aromatic rings. The minimum atomic E-state index is -0.503. The quantitative estimate of drug-likeness (QED) is 0.589. The van der Waals surface area contributed by atoms with Crippen molar-refractivity contribution in [2.45, 2.75) is 25.3 Å². The first-order chi connectivity index (χ1) is 13.0. The second-order valence-corrected chi connectivity index (χ2v) is 6.13. The molecule has 0 aliphatic heterocycles. The third-order valence-electron chi connectivity index (χ3n) is 3.99. The van der Waals surface area contributed by atoms with Crippen LogP contribution in [0.1, 0.15) is 40.0 Å². The molecule has 0 spiro atoms. The lowest BCUT2D eigenvalue weighted by atomic mass is 10.1. The summed E-state index contributed by atoms with van der Waals surface area (Å²) in [6.07, 6.45) is 1.79. The van der Waals surface area contributed by atoms with Crippen LogP contribution >= 0.6 is 0 Å². The largest absolute Gasteiger partial charge is 0.394 e. The summed E-state index contributed by atoms with van der Waals surface area (Å²) in [5, 5.41) is 14.8. The van der Waals surface area contributed by atoms with Gasteiger partial charge >= 0.3 is 0 Å². The summed E-state index contributed by atoms with van der Waals surface area (Å²) in [7, 11) is 0. The number of carbonyl (C=O) groups excluding carboxylic acids is 2. The zero-order chi connectivity index (χ0) is 19.6.